The maximum atomic E-state index is 14.2. The molecule has 0 fully saturated rings. The zero-order chi connectivity index (χ0) is 29.6. The molecule has 218 valence electrons. The number of amides is 1. The van der Waals surface area contributed by atoms with E-state index in [9.17, 15) is 9.59 Å². The lowest BCUT2D eigenvalue weighted by atomic mass is 10.1. The third-order valence-electron chi connectivity index (χ3n) is 7.31. The number of hydrogen-bond donors (Lipinski definition) is 0. The average molecular weight is 580 g/mol. The molecule has 1 aliphatic heterocycles. The number of fused-ring (bicyclic) bond motifs is 1. The van der Waals surface area contributed by atoms with Crippen molar-refractivity contribution in [3.8, 4) is 17.2 Å². The molecule has 1 aliphatic rings. The van der Waals surface area contributed by atoms with E-state index in [4.69, 9.17) is 18.9 Å². The summed E-state index contributed by atoms with van der Waals surface area (Å²) in [5.74, 6) is 1.43. The first-order valence-corrected chi connectivity index (χ1v) is 14.4. The summed E-state index contributed by atoms with van der Waals surface area (Å²) in [6.45, 7) is 3.38. The van der Waals surface area contributed by atoms with Crippen molar-refractivity contribution in [3.05, 3.63) is 77.9 Å². The van der Waals surface area contributed by atoms with E-state index in [1.807, 2.05) is 60.7 Å². The molecule has 0 saturated heterocycles. The summed E-state index contributed by atoms with van der Waals surface area (Å²) in [5.41, 5.74) is 2.87. The van der Waals surface area contributed by atoms with Crippen LogP contribution in [0.3, 0.4) is 0 Å². The number of ether oxygens (including phenoxy) is 4. The van der Waals surface area contributed by atoms with Crippen LogP contribution in [0, 0.1) is 0 Å². The molecule has 1 heterocycles. The van der Waals surface area contributed by atoms with Gasteiger partial charge in [0.2, 0.25) is 0 Å². The smallest absolute Gasteiger partial charge is 0.303 e. The molecule has 0 radical (unpaired) electrons. The van der Waals surface area contributed by atoms with Gasteiger partial charge in [0.1, 0.15) is 5.75 Å². The van der Waals surface area contributed by atoms with Crippen molar-refractivity contribution >= 4 is 29.3 Å². The predicted molar refractivity (Wildman–Crippen MR) is 161 cm³/mol. The SMILES string of the molecule is COc1ccc([C@H]2Sc3ccccc3N(CC[N+](C)(C)CCc3ccc(OC)c(OC)c3)C(=O)[C@H]2OC(C)=O)cc1. The van der Waals surface area contributed by atoms with Crippen LogP contribution in [0.25, 0.3) is 0 Å². The molecule has 0 N–H and O–H groups in total. The first kappa shape index (κ1) is 30.3. The summed E-state index contributed by atoms with van der Waals surface area (Å²) in [6, 6.07) is 21.4. The molecule has 0 unspecified atom stereocenters. The highest BCUT2D eigenvalue weighted by atomic mass is 32.2. The van der Waals surface area contributed by atoms with Gasteiger partial charge in [-0.25, -0.2) is 0 Å². The molecule has 0 bridgehead atoms. The number of benzene rings is 3. The Kier molecular flexibility index (Phi) is 9.83. The van der Waals surface area contributed by atoms with Crippen LogP contribution in [0.15, 0.2) is 71.6 Å². The van der Waals surface area contributed by atoms with Crippen LogP contribution < -0.4 is 19.1 Å². The van der Waals surface area contributed by atoms with E-state index in [1.54, 1.807) is 38.0 Å². The Balaban J connectivity index is 1.56. The van der Waals surface area contributed by atoms with Gasteiger partial charge in [-0.15, -0.1) is 11.8 Å². The molecular weight excluding hydrogens is 540 g/mol. The van der Waals surface area contributed by atoms with Crippen LogP contribution >= 0.6 is 11.8 Å². The van der Waals surface area contributed by atoms with E-state index < -0.39 is 17.3 Å². The minimum Gasteiger partial charge on any atom is -0.497 e. The second kappa shape index (κ2) is 13.3. The van der Waals surface area contributed by atoms with Crippen LogP contribution in [0.5, 0.6) is 17.2 Å². The Bertz CT molecular complexity index is 1360. The third-order valence-corrected chi connectivity index (χ3v) is 8.69. The number of quaternary nitrogens is 1. The molecule has 41 heavy (non-hydrogen) atoms. The van der Waals surface area contributed by atoms with Crippen LogP contribution in [0.2, 0.25) is 0 Å². The van der Waals surface area contributed by atoms with Gasteiger partial charge in [-0.05, 0) is 47.5 Å². The van der Waals surface area contributed by atoms with Crippen molar-refractivity contribution in [2.45, 2.75) is 29.6 Å². The maximum Gasteiger partial charge on any atom is 0.303 e. The monoisotopic (exact) mass is 579 g/mol. The van der Waals surface area contributed by atoms with Crippen molar-refractivity contribution in [2.75, 3.05) is 60.0 Å². The summed E-state index contributed by atoms with van der Waals surface area (Å²) >= 11 is 1.54. The number of rotatable bonds is 11. The van der Waals surface area contributed by atoms with E-state index in [0.29, 0.717) is 29.1 Å². The number of carbonyl (C=O) groups excluding carboxylic acids is 2. The number of hydrogen-bond acceptors (Lipinski definition) is 7. The summed E-state index contributed by atoms with van der Waals surface area (Å²) < 4.78 is 22.6. The van der Waals surface area contributed by atoms with Crippen LogP contribution in [-0.4, -0.2) is 77.5 Å². The standard InChI is InChI=1S/C32H39N2O6S/c1-22(35)40-30-31(24-12-14-25(37-4)15-13-24)41-29-10-8-7-9-26(29)33(32(30)36)18-20-34(2,3)19-17-23-11-16-27(38-5)28(21-23)39-6/h7-16,21,30-31H,17-20H2,1-6H3/q+1/t30-,31+/m0/s1. The Morgan fingerprint density at radius 3 is 2.27 bits per heavy atom. The molecular formula is C32H39N2O6S+. The summed E-state index contributed by atoms with van der Waals surface area (Å²) in [6.07, 6.45) is -0.135. The second-order valence-electron chi connectivity index (χ2n) is 10.6. The lowest BCUT2D eigenvalue weighted by Crippen LogP contribution is -2.50. The van der Waals surface area contributed by atoms with Crippen molar-refractivity contribution < 1.29 is 33.0 Å². The van der Waals surface area contributed by atoms with Gasteiger partial charge in [0.15, 0.2) is 17.6 Å². The number of para-hydroxylation sites is 1. The largest absolute Gasteiger partial charge is 0.497 e. The molecule has 2 atom stereocenters. The molecule has 1 amide bonds. The van der Waals surface area contributed by atoms with Gasteiger partial charge in [0.05, 0.1) is 66.0 Å². The van der Waals surface area contributed by atoms with E-state index in [1.165, 1.54) is 6.92 Å². The summed E-state index contributed by atoms with van der Waals surface area (Å²) in [7, 11) is 9.20. The maximum absolute atomic E-state index is 14.2. The third kappa shape index (κ3) is 7.34. The van der Waals surface area contributed by atoms with Gasteiger partial charge in [-0.3, -0.25) is 9.59 Å². The molecule has 9 heteroatoms. The molecule has 0 saturated carbocycles. The highest BCUT2D eigenvalue weighted by molar-refractivity contribution is 7.99. The second-order valence-corrected chi connectivity index (χ2v) is 11.8. The zero-order valence-electron chi connectivity index (χ0n) is 24.6. The van der Waals surface area contributed by atoms with Gasteiger partial charge >= 0.3 is 5.97 Å². The number of nitrogens with zero attached hydrogens (tertiary/aromatic N) is 2. The molecule has 8 nitrogen and oxygen atoms in total. The predicted octanol–water partition coefficient (Wildman–Crippen LogP) is 5.14. The fourth-order valence-corrected chi connectivity index (χ4v) is 6.21. The lowest BCUT2D eigenvalue weighted by molar-refractivity contribution is -0.888. The van der Waals surface area contributed by atoms with Gasteiger partial charge in [-0.1, -0.05) is 30.3 Å². The Hall–Kier alpha value is -3.69. The fraction of sp³-hybridized carbons (Fsp3) is 0.375. The normalized spacial score (nSPS) is 16.9. The quantitative estimate of drug-likeness (QED) is 0.230. The highest BCUT2D eigenvalue weighted by Crippen LogP contribution is 2.47. The number of thioether (sulfide) groups is 1. The van der Waals surface area contributed by atoms with Crippen molar-refractivity contribution in [2.24, 2.45) is 0 Å². The van der Waals surface area contributed by atoms with Gasteiger partial charge in [0, 0.05) is 18.2 Å². The summed E-state index contributed by atoms with van der Waals surface area (Å²) in [4.78, 5) is 29.1. The van der Waals surface area contributed by atoms with Crippen LogP contribution in [0.4, 0.5) is 5.69 Å². The van der Waals surface area contributed by atoms with Crippen molar-refractivity contribution in [1.82, 2.24) is 0 Å². The van der Waals surface area contributed by atoms with Gasteiger partial charge < -0.3 is 28.3 Å². The molecule has 3 aromatic carbocycles. The highest BCUT2D eigenvalue weighted by Gasteiger charge is 2.41. The molecule has 4 rings (SSSR count). The van der Waals surface area contributed by atoms with Crippen LogP contribution in [-0.2, 0) is 20.7 Å². The molecule has 3 aromatic rings. The lowest BCUT2D eigenvalue weighted by Gasteiger charge is -2.34. The van der Waals surface area contributed by atoms with Crippen molar-refractivity contribution in [3.63, 3.8) is 0 Å². The molecule has 0 aliphatic carbocycles. The van der Waals surface area contributed by atoms with E-state index in [-0.39, 0.29) is 5.91 Å². The van der Waals surface area contributed by atoms with Gasteiger partial charge in [0.25, 0.3) is 5.91 Å². The number of esters is 1. The number of methoxy groups -OCH3 is 3. The van der Waals surface area contributed by atoms with E-state index in [2.05, 4.69) is 20.2 Å². The Labute approximate surface area is 246 Å². The van der Waals surface area contributed by atoms with E-state index in [0.717, 1.165) is 40.4 Å². The topological polar surface area (TPSA) is 74.3 Å². The Morgan fingerprint density at radius 2 is 1.61 bits per heavy atom. The number of anilines is 1. The zero-order valence-corrected chi connectivity index (χ0v) is 25.4. The van der Waals surface area contributed by atoms with Gasteiger partial charge in [-0.2, -0.15) is 0 Å². The van der Waals surface area contributed by atoms with Crippen molar-refractivity contribution in [1.29, 1.82) is 0 Å². The average Bonchev–Trinajstić information content (AvgIpc) is 3.08. The minimum atomic E-state index is -0.972. The summed E-state index contributed by atoms with van der Waals surface area (Å²) in [5, 5.41) is -0.406. The Morgan fingerprint density at radius 1 is 0.902 bits per heavy atom. The molecule has 0 aromatic heterocycles. The first-order chi connectivity index (χ1) is 19.7. The fourth-order valence-electron chi connectivity index (χ4n) is 4.89. The molecule has 0 spiro atoms. The van der Waals surface area contributed by atoms with E-state index >= 15 is 0 Å². The van der Waals surface area contributed by atoms with Crippen LogP contribution in [0.1, 0.15) is 23.3 Å². The minimum absolute atomic E-state index is 0.224. The first-order valence-electron chi connectivity index (χ1n) is 13.6. The number of carbonyl (C=O) groups is 2. The number of likely N-dealkylation sites (N-methyl/N-ethyl adjacent to an activating group) is 1.